The molecular formula is C22H21FN4O4S. The van der Waals surface area contributed by atoms with Gasteiger partial charge in [0.15, 0.2) is 16.7 Å². The van der Waals surface area contributed by atoms with E-state index < -0.39 is 11.7 Å². The number of hydrogen-bond acceptors (Lipinski definition) is 7. The minimum atomic E-state index is -0.441. The molecule has 32 heavy (non-hydrogen) atoms. The van der Waals surface area contributed by atoms with Crippen molar-refractivity contribution in [2.45, 2.75) is 13.3 Å². The SMILES string of the molecule is CC(=O)c1ccc(N2CCN(C(=O)Cc3csc(NC(=O)c4ccco4)n3)CC2)c(F)c1. The van der Waals surface area contributed by atoms with E-state index in [9.17, 15) is 18.8 Å². The molecule has 0 atom stereocenters. The first kappa shape index (κ1) is 21.7. The molecule has 0 unspecified atom stereocenters. The molecule has 0 bridgehead atoms. The van der Waals surface area contributed by atoms with Crippen molar-refractivity contribution in [2.75, 3.05) is 36.4 Å². The predicted octanol–water partition coefficient (Wildman–Crippen LogP) is 3.22. The Labute approximate surface area is 187 Å². The van der Waals surface area contributed by atoms with Gasteiger partial charge >= 0.3 is 0 Å². The second kappa shape index (κ2) is 9.31. The number of halogens is 1. The fourth-order valence-corrected chi connectivity index (χ4v) is 4.16. The Hall–Kier alpha value is -3.53. The number of ketones is 1. The number of piperazine rings is 1. The molecule has 166 valence electrons. The number of thiazole rings is 1. The molecule has 0 radical (unpaired) electrons. The first-order valence-corrected chi connectivity index (χ1v) is 10.9. The Kier molecular flexibility index (Phi) is 6.31. The Balaban J connectivity index is 1.30. The van der Waals surface area contributed by atoms with Crippen LogP contribution in [0.15, 0.2) is 46.4 Å². The van der Waals surface area contributed by atoms with Gasteiger partial charge in [-0.1, -0.05) is 0 Å². The zero-order valence-electron chi connectivity index (χ0n) is 17.3. The Morgan fingerprint density at radius 2 is 1.97 bits per heavy atom. The van der Waals surface area contributed by atoms with Crippen LogP contribution in [0.5, 0.6) is 0 Å². The highest BCUT2D eigenvalue weighted by Gasteiger charge is 2.24. The third kappa shape index (κ3) is 4.86. The molecule has 1 aliphatic rings. The largest absolute Gasteiger partial charge is 0.459 e. The molecule has 0 spiro atoms. The van der Waals surface area contributed by atoms with Crippen molar-refractivity contribution in [2.24, 2.45) is 0 Å². The van der Waals surface area contributed by atoms with Crippen molar-refractivity contribution in [3.8, 4) is 0 Å². The van der Waals surface area contributed by atoms with Crippen LogP contribution in [0.25, 0.3) is 0 Å². The van der Waals surface area contributed by atoms with Crippen LogP contribution in [0.1, 0.15) is 33.5 Å². The zero-order chi connectivity index (χ0) is 22.7. The number of amides is 2. The summed E-state index contributed by atoms with van der Waals surface area (Å²) in [7, 11) is 0. The van der Waals surface area contributed by atoms with Gasteiger partial charge in [-0.2, -0.15) is 0 Å². The fraction of sp³-hybridized carbons (Fsp3) is 0.273. The van der Waals surface area contributed by atoms with E-state index in [1.807, 2.05) is 4.90 Å². The summed E-state index contributed by atoms with van der Waals surface area (Å²) in [5.41, 5.74) is 1.34. The van der Waals surface area contributed by atoms with Gasteiger partial charge in [-0.25, -0.2) is 9.37 Å². The van der Waals surface area contributed by atoms with Gasteiger partial charge in [0.25, 0.3) is 5.91 Å². The molecule has 8 nitrogen and oxygen atoms in total. The molecule has 3 heterocycles. The van der Waals surface area contributed by atoms with Crippen molar-refractivity contribution in [3.05, 3.63) is 64.8 Å². The highest BCUT2D eigenvalue weighted by Crippen LogP contribution is 2.23. The average Bonchev–Trinajstić information content (AvgIpc) is 3.46. The van der Waals surface area contributed by atoms with E-state index in [-0.39, 0.29) is 23.9 Å². The summed E-state index contributed by atoms with van der Waals surface area (Å²) in [4.78, 5) is 44.0. The van der Waals surface area contributed by atoms with Crippen LogP contribution in [0, 0.1) is 5.82 Å². The quantitative estimate of drug-likeness (QED) is 0.573. The lowest BCUT2D eigenvalue weighted by molar-refractivity contribution is -0.130. The van der Waals surface area contributed by atoms with Gasteiger partial charge in [0, 0.05) is 37.1 Å². The van der Waals surface area contributed by atoms with E-state index in [4.69, 9.17) is 4.42 Å². The molecule has 4 rings (SSSR count). The maximum Gasteiger partial charge on any atom is 0.293 e. The van der Waals surface area contributed by atoms with Gasteiger partial charge in [0.05, 0.1) is 24.1 Å². The van der Waals surface area contributed by atoms with E-state index in [0.717, 1.165) is 0 Å². The van der Waals surface area contributed by atoms with Crippen molar-refractivity contribution in [1.29, 1.82) is 0 Å². The summed E-state index contributed by atoms with van der Waals surface area (Å²) in [6, 6.07) is 7.65. The number of rotatable bonds is 6. The summed E-state index contributed by atoms with van der Waals surface area (Å²) in [5.74, 6) is -0.920. The minimum Gasteiger partial charge on any atom is -0.459 e. The monoisotopic (exact) mass is 456 g/mol. The molecule has 2 aromatic heterocycles. The topological polar surface area (TPSA) is 95.8 Å². The fourth-order valence-electron chi connectivity index (χ4n) is 3.46. The predicted molar refractivity (Wildman–Crippen MR) is 118 cm³/mol. The molecule has 0 aliphatic carbocycles. The van der Waals surface area contributed by atoms with Gasteiger partial charge in [-0.05, 0) is 37.3 Å². The van der Waals surface area contributed by atoms with Crippen molar-refractivity contribution in [1.82, 2.24) is 9.88 Å². The summed E-state index contributed by atoms with van der Waals surface area (Å²) < 4.78 is 19.4. The van der Waals surface area contributed by atoms with Crippen LogP contribution in [0.2, 0.25) is 0 Å². The summed E-state index contributed by atoms with van der Waals surface area (Å²) in [5, 5.41) is 4.77. The van der Waals surface area contributed by atoms with E-state index in [0.29, 0.717) is 48.3 Å². The lowest BCUT2D eigenvalue weighted by Crippen LogP contribution is -2.49. The van der Waals surface area contributed by atoms with Crippen LogP contribution in [-0.4, -0.2) is 53.7 Å². The summed E-state index contributed by atoms with van der Waals surface area (Å²) in [6.45, 7) is 3.29. The third-order valence-corrected chi connectivity index (χ3v) is 5.98. The number of nitrogens with one attached hydrogen (secondary N) is 1. The van der Waals surface area contributed by atoms with Gasteiger partial charge in [-0.3, -0.25) is 19.7 Å². The van der Waals surface area contributed by atoms with Gasteiger partial charge in [0.2, 0.25) is 5.91 Å². The van der Waals surface area contributed by atoms with Crippen LogP contribution in [0.4, 0.5) is 15.2 Å². The number of nitrogens with zero attached hydrogens (tertiary/aromatic N) is 3. The number of carbonyl (C=O) groups is 3. The Morgan fingerprint density at radius 3 is 2.62 bits per heavy atom. The number of anilines is 2. The highest BCUT2D eigenvalue weighted by molar-refractivity contribution is 7.14. The maximum atomic E-state index is 14.4. The number of carbonyl (C=O) groups excluding carboxylic acids is 3. The highest BCUT2D eigenvalue weighted by atomic mass is 32.1. The van der Waals surface area contributed by atoms with Crippen LogP contribution >= 0.6 is 11.3 Å². The normalized spacial score (nSPS) is 13.8. The number of furan rings is 1. The lowest BCUT2D eigenvalue weighted by Gasteiger charge is -2.36. The molecule has 1 saturated heterocycles. The molecule has 1 N–H and O–H groups in total. The number of hydrogen-bond donors (Lipinski definition) is 1. The Bertz CT molecular complexity index is 1140. The second-order valence-corrected chi connectivity index (χ2v) is 8.20. The standard InChI is InChI=1S/C22H21FN4O4S/c1-14(28)15-4-5-18(17(23)11-15)26-6-8-27(9-7-26)20(29)12-16-13-32-22(24-16)25-21(30)19-3-2-10-31-19/h2-5,10-11,13H,6-9,12H2,1H3,(H,24,25,30). The summed E-state index contributed by atoms with van der Waals surface area (Å²) >= 11 is 1.24. The molecule has 1 aliphatic heterocycles. The van der Waals surface area contributed by atoms with Crippen molar-refractivity contribution >= 4 is 39.8 Å². The van der Waals surface area contributed by atoms with Gasteiger partial charge in [0.1, 0.15) is 5.82 Å². The minimum absolute atomic E-state index is 0.0775. The summed E-state index contributed by atoms with van der Waals surface area (Å²) in [6.07, 6.45) is 1.53. The molecule has 0 saturated carbocycles. The Morgan fingerprint density at radius 1 is 1.19 bits per heavy atom. The van der Waals surface area contributed by atoms with Crippen molar-refractivity contribution in [3.63, 3.8) is 0 Å². The van der Waals surface area contributed by atoms with E-state index in [1.54, 1.807) is 34.5 Å². The molecule has 2 amide bonds. The van der Waals surface area contributed by atoms with Gasteiger partial charge in [-0.15, -0.1) is 11.3 Å². The molecule has 1 fully saturated rings. The lowest BCUT2D eigenvalue weighted by atomic mass is 10.1. The van der Waals surface area contributed by atoms with Gasteiger partial charge < -0.3 is 14.2 Å². The number of aromatic nitrogens is 1. The number of benzene rings is 1. The van der Waals surface area contributed by atoms with E-state index in [2.05, 4.69) is 10.3 Å². The third-order valence-electron chi connectivity index (χ3n) is 5.18. The molecule has 1 aromatic carbocycles. The van der Waals surface area contributed by atoms with Crippen molar-refractivity contribution < 1.29 is 23.2 Å². The van der Waals surface area contributed by atoms with Crippen LogP contribution < -0.4 is 10.2 Å². The number of Topliss-reactive ketones (excluding diaryl/α,β-unsaturated/α-hetero) is 1. The van der Waals surface area contributed by atoms with E-state index >= 15 is 0 Å². The molecule has 10 heteroatoms. The maximum absolute atomic E-state index is 14.4. The van der Waals surface area contributed by atoms with Crippen LogP contribution in [-0.2, 0) is 11.2 Å². The zero-order valence-corrected chi connectivity index (χ0v) is 18.2. The first-order valence-electron chi connectivity index (χ1n) is 10.0. The average molecular weight is 456 g/mol. The first-order chi connectivity index (χ1) is 15.4. The molecular weight excluding hydrogens is 435 g/mol. The smallest absolute Gasteiger partial charge is 0.293 e. The second-order valence-electron chi connectivity index (χ2n) is 7.34. The van der Waals surface area contributed by atoms with E-state index in [1.165, 1.54) is 30.6 Å². The van der Waals surface area contributed by atoms with Crippen LogP contribution in [0.3, 0.4) is 0 Å². The molecule has 3 aromatic rings.